The van der Waals surface area contributed by atoms with Crippen LogP contribution < -0.4 is 0 Å². The number of rotatable bonds is 4. The molecule has 0 fully saturated rings. The maximum Gasteiger partial charge on any atom is 0.0209 e. The summed E-state index contributed by atoms with van der Waals surface area (Å²) in [6.45, 7) is 6.74. The van der Waals surface area contributed by atoms with Crippen molar-refractivity contribution in [3.8, 4) is 0 Å². The summed E-state index contributed by atoms with van der Waals surface area (Å²) in [4.78, 5) is 0. The Kier molecular flexibility index (Phi) is 7.57. The van der Waals surface area contributed by atoms with Crippen molar-refractivity contribution in [2.45, 2.75) is 39.3 Å². The van der Waals surface area contributed by atoms with E-state index in [0.29, 0.717) is 12.1 Å². The van der Waals surface area contributed by atoms with E-state index in [1.54, 1.807) is 0 Å². The van der Waals surface area contributed by atoms with Gasteiger partial charge >= 0.3 is 0 Å². The fraction of sp³-hybridized carbons (Fsp3) is 0.500. The first-order chi connectivity index (χ1) is 6.61. The monoisotopic (exact) mass is 339 g/mol. The molecular formula is C12H19ClIN. The van der Waals surface area contributed by atoms with Crippen LogP contribution in [0.25, 0.3) is 0 Å². The molecule has 3 heteroatoms. The van der Waals surface area contributed by atoms with Crippen molar-refractivity contribution in [2.75, 3.05) is 0 Å². The highest BCUT2D eigenvalue weighted by atomic mass is 127. The third-order valence-electron chi connectivity index (χ3n) is 2.29. The minimum absolute atomic E-state index is 0. The molecule has 86 valence electrons. The van der Waals surface area contributed by atoms with Crippen molar-refractivity contribution in [3.05, 3.63) is 35.9 Å². The fourth-order valence-electron chi connectivity index (χ4n) is 1.55. The highest BCUT2D eigenvalue weighted by Crippen LogP contribution is 2.15. The minimum Gasteiger partial charge on any atom is -0.242 e. The molecule has 1 nitrogen and oxygen atoms in total. The number of benzene rings is 1. The van der Waals surface area contributed by atoms with Crippen LogP contribution >= 0.6 is 35.3 Å². The predicted octanol–water partition coefficient (Wildman–Crippen LogP) is 4.10. The smallest absolute Gasteiger partial charge is 0.0209 e. The first-order valence-corrected chi connectivity index (χ1v) is 6.05. The zero-order valence-electron chi connectivity index (χ0n) is 9.48. The van der Waals surface area contributed by atoms with Crippen molar-refractivity contribution in [1.82, 2.24) is 3.11 Å². The van der Waals surface area contributed by atoms with Crippen LogP contribution in [0.1, 0.15) is 26.3 Å². The van der Waals surface area contributed by atoms with Gasteiger partial charge in [0.1, 0.15) is 0 Å². The zero-order chi connectivity index (χ0) is 10.6. The number of nitrogens with zero attached hydrogens (tertiary/aromatic N) is 1. The minimum atomic E-state index is 0. The molecular weight excluding hydrogens is 320 g/mol. The largest absolute Gasteiger partial charge is 0.242 e. The molecule has 0 N–H and O–H groups in total. The second kappa shape index (κ2) is 7.47. The standard InChI is InChI=1S/C12H18IN.ClH/c1-10(2)14(13)11(3)9-12-7-5-4-6-8-12;/h4-8,10-11H,9H2,1-3H3;1H. The Balaban J connectivity index is 0.00000196. The van der Waals surface area contributed by atoms with E-state index in [-0.39, 0.29) is 12.4 Å². The molecule has 0 saturated heterocycles. The quantitative estimate of drug-likeness (QED) is 0.590. The van der Waals surface area contributed by atoms with E-state index < -0.39 is 0 Å². The van der Waals surface area contributed by atoms with Gasteiger partial charge in [0.15, 0.2) is 0 Å². The second-order valence-electron chi connectivity index (χ2n) is 3.98. The van der Waals surface area contributed by atoms with Gasteiger partial charge in [0.25, 0.3) is 0 Å². The van der Waals surface area contributed by atoms with E-state index in [2.05, 4.69) is 77.1 Å². The normalized spacial score (nSPS) is 12.7. The Bertz CT molecular complexity index is 264. The Morgan fingerprint density at radius 1 is 1.13 bits per heavy atom. The first-order valence-electron chi connectivity index (χ1n) is 5.09. The molecule has 1 rings (SSSR count). The average molecular weight is 340 g/mol. The van der Waals surface area contributed by atoms with Crippen LogP contribution in [0.2, 0.25) is 0 Å². The summed E-state index contributed by atoms with van der Waals surface area (Å²) in [5.74, 6) is 0. The molecule has 1 aromatic rings. The average Bonchev–Trinajstić information content (AvgIpc) is 2.18. The molecule has 0 radical (unpaired) electrons. The lowest BCUT2D eigenvalue weighted by Crippen LogP contribution is -2.31. The molecule has 0 aliphatic heterocycles. The van der Waals surface area contributed by atoms with Gasteiger partial charge in [0.2, 0.25) is 0 Å². The van der Waals surface area contributed by atoms with Crippen LogP contribution in [-0.2, 0) is 6.42 Å². The molecule has 0 bridgehead atoms. The Morgan fingerprint density at radius 3 is 2.13 bits per heavy atom. The number of halogens is 2. The van der Waals surface area contributed by atoms with E-state index in [1.807, 2.05) is 0 Å². The van der Waals surface area contributed by atoms with Crippen molar-refractivity contribution in [1.29, 1.82) is 0 Å². The summed E-state index contributed by atoms with van der Waals surface area (Å²) < 4.78 is 2.38. The molecule has 0 heterocycles. The molecule has 1 unspecified atom stereocenters. The van der Waals surface area contributed by atoms with Gasteiger partial charge in [-0.05, 0) is 32.8 Å². The fourth-order valence-corrected chi connectivity index (χ4v) is 1.75. The van der Waals surface area contributed by atoms with Gasteiger partial charge in [-0.25, -0.2) is 3.11 Å². The topological polar surface area (TPSA) is 3.24 Å². The zero-order valence-corrected chi connectivity index (χ0v) is 12.5. The maximum atomic E-state index is 2.42. The van der Waals surface area contributed by atoms with Gasteiger partial charge in [-0.1, -0.05) is 30.3 Å². The Hall–Kier alpha value is 0.200. The summed E-state index contributed by atoms with van der Waals surface area (Å²) in [6, 6.07) is 11.9. The van der Waals surface area contributed by atoms with Gasteiger partial charge in [-0.2, -0.15) is 0 Å². The van der Waals surface area contributed by atoms with Crippen molar-refractivity contribution in [2.24, 2.45) is 0 Å². The van der Waals surface area contributed by atoms with Crippen molar-refractivity contribution >= 4 is 35.3 Å². The second-order valence-corrected chi connectivity index (χ2v) is 5.09. The summed E-state index contributed by atoms with van der Waals surface area (Å²) in [5.41, 5.74) is 1.42. The lowest BCUT2D eigenvalue weighted by atomic mass is 10.1. The van der Waals surface area contributed by atoms with Gasteiger partial charge in [0, 0.05) is 34.9 Å². The van der Waals surface area contributed by atoms with Gasteiger partial charge in [-0.3, -0.25) is 0 Å². The number of hydrogen-bond donors (Lipinski definition) is 0. The van der Waals surface area contributed by atoms with Crippen molar-refractivity contribution in [3.63, 3.8) is 0 Å². The van der Waals surface area contributed by atoms with Crippen LogP contribution in [0.3, 0.4) is 0 Å². The summed E-state index contributed by atoms with van der Waals surface area (Å²) >= 11 is 2.42. The van der Waals surface area contributed by atoms with E-state index in [9.17, 15) is 0 Å². The number of hydrogen-bond acceptors (Lipinski definition) is 1. The molecule has 0 aliphatic carbocycles. The molecule has 0 aromatic heterocycles. The van der Waals surface area contributed by atoms with E-state index in [1.165, 1.54) is 5.56 Å². The maximum absolute atomic E-state index is 2.42. The van der Waals surface area contributed by atoms with Crippen LogP contribution in [-0.4, -0.2) is 15.2 Å². The highest BCUT2D eigenvalue weighted by molar-refractivity contribution is 14.1. The molecule has 1 atom stereocenters. The van der Waals surface area contributed by atoms with E-state index in [4.69, 9.17) is 0 Å². The Labute approximate surface area is 113 Å². The third-order valence-corrected chi connectivity index (χ3v) is 4.35. The molecule has 0 aliphatic rings. The first kappa shape index (κ1) is 15.2. The van der Waals surface area contributed by atoms with E-state index >= 15 is 0 Å². The summed E-state index contributed by atoms with van der Waals surface area (Å²) in [7, 11) is 0. The summed E-state index contributed by atoms with van der Waals surface area (Å²) in [6.07, 6.45) is 1.13. The van der Waals surface area contributed by atoms with E-state index in [0.717, 1.165) is 6.42 Å². The van der Waals surface area contributed by atoms with Crippen LogP contribution in [0.4, 0.5) is 0 Å². The highest BCUT2D eigenvalue weighted by Gasteiger charge is 2.13. The third kappa shape index (κ3) is 5.18. The van der Waals surface area contributed by atoms with Gasteiger partial charge < -0.3 is 0 Å². The Morgan fingerprint density at radius 2 is 1.67 bits per heavy atom. The van der Waals surface area contributed by atoms with Gasteiger partial charge in [-0.15, -0.1) is 12.4 Å². The van der Waals surface area contributed by atoms with Crippen LogP contribution in [0, 0.1) is 0 Å². The molecule has 0 spiro atoms. The molecule has 0 saturated carbocycles. The van der Waals surface area contributed by atoms with Crippen LogP contribution in [0.15, 0.2) is 30.3 Å². The molecule has 0 amide bonds. The predicted molar refractivity (Wildman–Crippen MR) is 77.9 cm³/mol. The summed E-state index contributed by atoms with van der Waals surface area (Å²) in [5, 5.41) is 0. The molecule has 1 aromatic carbocycles. The lowest BCUT2D eigenvalue weighted by Gasteiger charge is -2.26. The van der Waals surface area contributed by atoms with Crippen LogP contribution in [0.5, 0.6) is 0 Å². The molecule has 15 heavy (non-hydrogen) atoms. The van der Waals surface area contributed by atoms with Gasteiger partial charge in [0.05, 0.1) is 0 Å². The lowest BCUT2D eigenvalue weighted by molar-refractivity contribution is 0.346. The SMILES string of the molecule is CC(C)N(I)C(C)Cc1ccccc1.Cl. The van der Waals surface area contributed by atoms with Crippen molar-refractivity contribution < 1.29 is 0 Å².